The molecule has 0 spiro atoms. The number of nitro benzene ring substituents is 1. The Morgan fingerprint density at radius 2 is 2.12 bits per heavy atom. The highest BCUT2D eigenvalue weighted by Crippen LogP contribution is 2.29. The maximum Gasteiger partial charge on any atom is 0.313 e. The van der Waals surface area contributed by atoms with Crippen LogP contribution in [0.15, 0.2) is 24.3 Å². The molecule has 0 aliphatic carbocycles. The maximum atomic E-state index is 11.5. The lowest BCUT2D eigenvalue weighted by molar-refractivity contribution is -0.385. The van der Waals surface area contributed by atoms with E-state index >= 15 is 0 Å². The Kier molecular flexibility index (Phi) is 3.99. The van der Waals surface area contributed by atoms with Crippen LogP contribution in [0.5, 0.6) is 0 Å². The van der Waals surface area contributed by atoms with Crippen LogP contribution in [0.2, 0.25) is 0 Å². The topological polar surface area (TPSA) is 69.4 Å². The van der Waals surface area contributed by atoms with Crippen molar-refractivity contribution in [1.82, 2.24) is 0 Å². The lowest BCUT2D eigenvalue weighted by Gasteiger charge is -2.12. The molecule has 1 rings (SSSR count). The van der Waals surface area contributed by atoms with Gasteiger partial charge in [0, 0.05) is 11.6 Å². The van der Waals surface area contributed by atoms with Gasteiger partial charge in [-0.05, 0) is 6.42 Å². The molecule has 0 aliphatic heterocycles. The van der Waals surface area contributed by atoms with Crippen molar-refractivity contribution < 1.29 is 14.5 Å². The second kappa shape index (κ2) is 5.25. The fourth-order valence-electron chi connectivity index (χ4n) is 1.60. The van der Waals surface area contributed by atoms with Crippen molar-refractivity contribution in [2.24, 2.45) is 0 Å². The van der Waals surface area contributed by atoms with Gasteiger partial charge in [-0.15, -0.1) is 0 Å². The van der Waals surface area contributed by atoms with Gasteiger partial charge in [0.25, 0.3) is 5.69 Å². The fourth-order valence-corrected chi connectivity index (χ4v) is 1.60. The highest BCUT2D eigenvalue weighted by Gasteiger charge is 2.26. The Hall–Kier alpha value is -1.91. The summed E-state index contributed by atoms with van der Waals surface area (Å²) in [7, 11) is 1.28. The monoisotopic (exact) mass is 223 g/mol. The van der Waals surface area contributed by atoms with Crippen LogP contribution in [0.25, 0.3) is 0 Å². The molecule has 0 fully saturated rings. The third kappa shape index (κ3) is 2.36. The molecule has 0 aromatic heterocycles. The van der Waals surface area contributed by atoms with E-state index in [4.69, 9.17) is 0 Å². The lowest BCUT2D eigenvalue weighted by atomic mass is 9.95. The number of hydrogen-bond donors (Lipinski definition) is 0. The molecule has 5 nitrogen and oxygen atoms in total. The number of nitrogens with zero attached hydrogens (tertiary/aromatic N) is 1. The summed E-state index contributed by atoms with van der Waals surface area (Å²) in [6.07, 6.45) is 0.470. The van der Waals surface area contributed by atoms with Crippen molar-refractivity contribution in [2.45, 2.75) is 19.3 Å². The quantitative estimate of drug-likeness (QED) is 0.446. The molecule has 0 radical (unpaired) electrons. The number of carbonyl (C=O) groups is 1. The number of nitro groups is 1. The van der Waals surface area contributed by atoms with Crippen LogP contribution in [0.3, 0.4) is 0 Å². The summed E-state index contributed by atoms with van der Waals surface area (Å²) in [5.41, 5.74) is 0.363. The molecule has 1 aromatic carbocycles. The normalized spacial score (nSPS) is 11.9. The zero-order chi connectivity index (χ0) is 12.1. The molecule has 1 atom stereocenters. The standard InChI is InChI=1S/C11H13NO4/c1-3-8(11(13)16-2)9-6-4-5-7-10(9)12(14)15/h4-8H,3H2,1-2H3. The van der Waals surface area contributed by atoms with Crippen molar-refractivity contribution in [2.75, 3.05) is 7.11 Å². The first kappa shape index (κ1) is 12.2. The zero-order valence-corrected chi connectivity index (χ0v) is 9.17. The van der Waals surface area contributed by atoms with Gasteiger partial charge < -0.3 is 4.74 Å². The maximum absolute atomic E-state index is 11.5. The molecular weight excluding hydrogens is 210 g/mol. The number of rotatable bonds is 4. The largest absolute Gasteiger partial charge is 0.469 e. The predicted molar refractivity (Wildman–Crippen MR) is 58.1 cm³/mol. The van der Waals surface area contributed by atoms with E-state index in [2.05, 4.69) is 4.74 Å². The summed E-state index contributed by atoms with van der Waals surface area (Å²) in [5.74, 6) is -1.02. The zero-order valence-electron chi connectivity index (χ0n) is 9.17. The Morgan fingerprint density at radius 3 is 2.62 bits per heavy atom. The smallest absolute Gasteiger partial charge is 0.313 e. The van der Waals surface area contributed by atoms with E-state index in [1.54, 1.807) is 25.1 Å². The third-order valence-electron chi connectivity index (χ3n) is 2.40. The summed E-state index contributed by atoms with van der Waals surface area (Å²) < 4.78 is 4.63. The van der Waals surface area contributed by atoms with Crippen LogP contribution in [0.1, 0.15) is 24.8 Å². The second-order valence-electron chi connectivity index (χ2n) is 3.30. The highest BCUT2D eigenvalue weighted by molar-refractivity contribution is 5.79. The molecular formula is C11H13NO4. The number of para-hydroxylation sites is 1. The van der Waals surface area contributed by atoms with Gasteiger partial charge in [0.2, 0.25) is 0 Å². The minimum Gasteiger partial charge on any atom is -0.469 e. The lowest BCUT2D eigenvalue weighted by Crippen LogP contribution is -2.14. The van der Waals surface area contributed by atoms with E-state index in [0.717, 1.165) is 0 Å². The van der Waals surface area contributed by atoms with Gasteiger partial charge in [0.15, 0.2) is 0 Å². The molecule has 0 aliphatic rings. The van der Waals surface area contributed by atoms with Crippen LogP contribution in [0, 0.1) is 10.1 Å². The number of esters is 1. The van der Waals surface area contributed by atoms with Crippen LogP contribution in [-0.4, -0.2) is 18.0 Å². The molecule has 0 amide bonds. The Morgan fingerprint density at radius 1 is 1.50 bits per heavy atom. The minimum absolute atomic E-state index is 0.0419. The molecule has 0 N–H and O–H groups in total. The van der Waals surface area contributed by atoms with Crippen molar-refractivity contribution in [1.29, 1.82) is 0 Å². The van der Waals surface area contributed by atoms with Crippen molar-refractivity contribution in [3.05, 3.63) is 39.9 Å². The van der Waals surface area contributed by atoms with E-state index in [0.29, 0.717) is 12.0 Å². The van der Waals surface area contributed by atoms with E-state index in [9.17, 15) is 14.9 Å². The van der Waals surface area contributed by atoms with Crippen molar-refractivity contribution in [3.8, 4) is 0 Å². The average Bonchev–Trinajstić information content (AvgIpc) is 2.30. The number of ether oxygens (including phenoxy) is 1. The average molecular weight is 223 g/mol. The van der Waals surface area contributed by atoms with Crippen LogP contribution in [0.4, 0.5) is 5.69 Å². The Balaban J connectivity index is 3.19. The Bertz CT molecular complexity index is 403. The van der Waals surface area contributed by atoms with Gasteiger partial charge in [0.1, 0.15) is 0 Å². The molecule has 0 bridgehead atoms. The molecule has 5 heteroatoms. The number of carbonyl (C=O) groups excluding carboxylic acids is 1. The minimum atomic E-state index is -0.577. The number of methoxy groups -OCH3 is 1. The van der Waals surface area contributed by atoms with Crippen LogP contribution >= 0.6 is 0 Å². The predicted octanol–water partition coefficient (Wildman–Crippen LogP) is 2.26. The molecule has 0 saturated carbocycles. The van der Waals surface area contributed by atoms with Crippen LogP contribution in [-0.2, 0) is 9.53 Å². The van der Waals surface area contributed by atoms with Crippen molar-refractivity contribution >= 4 is 11.7 Å². The summed E-state index contributed by atoms with van der Waals surface area (Å²) in [4.78, 5) is 21.8. The van der Waals surface area contributed by atoms with Gasteiger partial charge in [-0.2, -0.15) is 0 Å². The summed E-state index contributed by atoms with van der Waals surface area (Å²) in [6, 6.07) is 6.23. The van der Waals surface area contributed by atoms with Gasteiger partial charge in [0.05, 0.1) is 18.0 Å². The molecule has 86 valence electrons. The van der Waals surface area contributed by atoms with E-state index in [1.165, 1.54) is 13.2 Å². The van der Waals surface area contributed by atoms with Gasteiger partial charge in [-0.1, -0.05) is 25.1 Å². The number of benzene rings is 1. The first-order valence-electron chi connectivity index (χ1n) is 4.93. The third-order valence-corrected chi connectivity index (χ3v) is 2.40. The number of hydrogen-bond acceptors (Lipinski definition) is 4. The SMILES string of the molecule is CCC(C(=O)OC)c1ccccc1[N+](=O)[O-]. The highest BCUT2D eigenvalue weighted by atomic mass is 16.6. The summed E-state index contributed by atoms with van der Waals surface area (Å²) in [5, 5.41) is 10.8. The van der Waals surface area contributed by atoms with Gasteiger partial charge in [-0.25, -0.2) is 0 Å². The molecule has 16 heavy (non-hydrogen) atoms. The van der Waals surface area contributed by atoms with Crippen LogP contribution < -0.4 is 0 Å². The van der Waals surface area contributed by atoms with Crippen molar-refractivity contribution in [3.63, 3.8) is 0 Å². The van der Waals surface area contributed by atoms with E-state index in [1.807, 2.05) is 0 Å². The second-order valence-corrected chi connectivity index (χ2v) is 3.30. The van der Waals surface area contributed by atoms with Gasteiger partial charge >= 0.3 is 5.97 Å². The molecule has 0 saturated heterocycles. The fraction of sp³-hybridized carbons (Fsp3) is 0.364. The first-order chi connectivity index (χ1) is 7.61. The van der Waals surface area contributed by atoms with E-state index < -0.39 is 16.8 Å². The summed E-state index contributed by atoms with van der Waals surface area (Å²) in [6.45, 7) is 1.79. The molecule has 1 unspecified atom stereocenters. The Labute approximate surface area is 93.2 Å². The van der Waals surface area contributed by atoms with Gasteiger partial charge in [-0.3, -0.25) is 14.9 Å². The first-order valence-corrected chi connectivity index (χ1v) is 4.93. The molecule has 0 heterocycles. The molecule has 1 aromatic rings. The summed E-state index contributed by atoms with van der Waals surface area (Å²) >= 11 is 0. The van der Waals surface area contributed by atoms with E-state index in [-0.39, 0.29) is 5.69 Å².